The molecule has 6 nitrogen and oxygen atoms in total. The predicted octanol–water partition coefficient (Wildman–Crippen LogP) is 6.64. The average Bonchev–Trinajstić information content (AvgIpc) is 3.80. The molecule has 44 heavy (non-hydrogen) atoms. The second kappa shape index (κ2) is 12.4. The number of hydrogen-bond acceptors (Lipinski definition) is 6. The molecule has 2 heterocycles. The lowest BCUT2D eigenvalue weighted by atomic mass is 9.42. The summed E-state index contributed by atoms with van der Waals surface area (Å²) in [6, 6.07) is 8.59. The first kappa shape index (κ1) is 31.4. The zero-order chi connectivity index (χ0) is 30.4. The molecule has 6 aliphatic rings. The third-order valence-corrected chi connectivity index (χ3v) is 14.4. The molecule has 0 bridgehead atoms. The van der Waals surface area contributed by atoms with Crippen LogP contribution in [0.15, 0.2) is 24.3 Å². The number of fused-ring (bicyclic) bond motifs is 5. The van der Waals surface area contributed by atoms with E-state index in [1.54, 1.807) is 7.11 Å². The molecule has 4 aliphatic carbocycles. The minimum atomic E-state index is -0.719. The summed E-state index contributed by atoms with van der Waals surface area (Å²) in [5.74, 6) is 2.51. The predicted molar refractivity (Wildman–Crippen MR) is 175 cm³/mol. The fourth-order valence-corrected chi connectivity index (χ4v) is 11.7. The maximum absolute atomic E-state index is 13.1. The van der Waals surface area contributed by atoms with Crippen LogP contribution in [0.5, 0.6) is 5.75 Å². The first-order valence-corrected chi connectivity index (χ1v) is 18.4. The Morgan fingerprint density at radius 3 is 2.27 bits per heavy atom. The molecule has 7 rings (SSSR count). The largest absolute Gasteiger partial charge is 0.497 e. The van der Waals surface area contributed by atoms with Crippen molar-refractivity contribution in [2.75, 3.05) is 59.6 Å². The molecule has 2 aliphatic heterocycles. The van der Waals surface area contributed by atoms with Gasteiger partial charge in [-0.1, -0.05) is 26.0 Å². The van der Waals surface area contributed by atoms with Gasteiger partial charge in [0, 0.05) is 18.5 Å². The summed E-state index contributed by atoms with van der Waals surface area (Å²) < 4.78 is 19.4. The van der Waals surface area contributed by atoms with Crippen molar-refractivity contribution in [2.24, 2.45) is 28.6 Å². The summed E-state index contributed by atoms with van der Waals surface area (Å²) in [5, 5.41) is 13.1. The summed E-state index contributed by atoms with van der Waals surface area (Å²) in [6.07, 6.45) is 15.6. The summed E-state index contributed by atoms with van der Waals surface area (Å²) in [4.78, 5) is 5.12. The van der Waals surface area contributed by atoms with E-state index in [0.717, 1.165) is 57.7 Å². The molecule has 0 aromatic heterocycles. The molecule has 6 fully saturated rings. The summed E-state index contributed by atoms with van der Waals surface area (Å²) >= 11 is 0. The first-order chi connectivity index (χ1) is 21.3. The van der Waals surface area contributed by atoms with Crippen LogP contribution in [-0.2, 0) is 15.1 Å². The van der Waals surface area contributed by atoms with E-state index in [1.807, 2.05) is 6.07 Å². The SMILES string of the molecule is COc1cccc([C@]2(OCCN3CCCC3)CC[C@]3(O)[C@@H]4CC[C@@H]5C[C@@H](OCCN6CCCC6)CC[C@]5(C)[C@H]4CC[C@]23C)c1. The number of ether oxygens (including phenoxy) is 3. The molecule has 0 spiro atoms. The highest BCUT2D eigenvalue weighted by Gasteiger charge is 2.72. The van der Waals surface area contributed by atoms with Crippen molar-refractivity contribution in [1.82, 2.24) is 9.80 Å². The Labute approximate surface area is 267 Å². The lowest BCUT2D eigenvalue weighted by Gasteiger charge is -2.65. The van der Waals surface area contributed by atoms with E-state index in [4.69, 9.17) is 14.2 Å². The van der Waals surface area contributed by atoms with Gasteiger partial charge >= 0.3 is 0 Å². The molecule has 0 amide bonds. The Hall–Kier alpha value is -1.18. The van der Waals surface area contributed by atoms with Gasteiger partial charge in [0.2, 0.25) is 0 Å². The Morgan fingerprint density at radius 1 is 0.818 bits per heavy atom. The molecular weight excluding hydrogens is 548 g/mol. The van der Waals surface area contributed by atoms with Crippen molar-refractivity contribution in [2.45, 2.75) is 115 Å². The van der Waals surface area contributed by atoms with Gasteiger partial charge in [0.1, 0.15) is 11.4 Å². The molecule has 6 heteroatoms. The number of aliphatic hydroxyl groups is 1. The number of hydrogen-bond donors (Lipinski definition) is 1. The van der Waals surface area contributed by atoms with Gasteiger partial charge < -0.3 is 29.1 Å². The van der Waals surface area contributed by atoms with Gasteiger partial charge in [-0.2, -0.15) is 0 Å². The van der Waals surface area contributed by atoms with Crippen LogP contribution >= 0.6 is 0 Å². The number of methoxy groups -OCH3 is 1. The second-order valence-corrected chi connectivity index (χ2v) is 16.1. The average molecular weight is 609 g/mol. The van der Waals surface area contributed by atoms with Crippen molar-refractivity contribution in [3.63, 3.8) is 0 Å². The van der Waals surface area contributed by atoms with Gasteiger partial charge in [0.25, 0.3) is 0 Å². The molecule has 1 N–H and O–H groups in total. The summed E-state index contributed by atoms with van der Waals surface area (Å²) in [5.41, 5.74) is -0.0605. The van der Waals surface area contributed by atoms with Gasteiger partial charge in [-0.3, -0.25) is 0 Å². The minimum Gasteiger partial charge on any atom is -0.497 e. The number of benzene rings is 1. The van der Waals surface area contributed by atoms with E-state index >= 15 is 0 Å². The fraction of sp³-hybridized carbons (Fsp3) is 0.842. The van der Waals surface area contributed by atoms with Crippen LogP contribution in [0.3, 0.4) is 0 Å². The van der Waals surface area contributed by atoms with Gasteiger partial charge in [0.15, 0.2) is 0 Å². The first-order valence-electron chi connectivity index (χ1n) is 18.4. The van der Waals surface area contributed by atoms with Gasteiger partial charge in [-0.15, -0.1) is 0 Å². The molecule has 2 saturated heterocycles. The fourth-order valence-electron chi connectivity index (χ4n) is 11.7. The third kappa shape index (κ3) is 5.18. The molecule has 8 atom stereocenters. The lowest BCUT2D eigenvalue weighted by molar-refractivity contribution is -0.249. The molecule has 1 aromatic carbocycles. The third-order valence-electron chi connectivity index (χ3n) is 14.4. The maximum atomic E-state index is 13.1. The van der Waals surface area contributed by atoms with Crippen molar-refractivity contribution < 1.29 is 19.3 Å². The van der Waals surface area contributed by atoms with Crippen LogP contribution in [0.1, 0.15) is 103 Å². The van der Waals surface area contributed by atoms with E-state index in [-0.39, 0.29) is 5.41 Å². The highest BCUT2D eigenvalue weighted by atomic mass is 16.5. The normalized spacial score (nSPS) is 42.6. The van der Waals surface area contributed by atoms with Crippen molar-refractivity contribution in [3.8, 4) is 5.75 Å². The van der Waals surface area contributed by atoms with Gasteiger partial charge in [-0.05, 0) is 151 Å². The van der Waals surface area contributed by atoms with Gasteiger partial charge in [0.05, 0.1) is 32.0 Å². The maximum Gasteiger partial charge on any atom is 0.119 e. The molecule has 4 saturated carbocycles. The monoisotopic (exact) mass is 608 g/mol. The van der Waals surface area contributed by atoms with Crippen LogP contribution in [0.4, 0.5) is 0 Å². The van der Waals surface area contributed by atoms with E-state index in [0.29, 0.717) is 29.3 Å². The Morgan fingerprint density at radius 2 is 1.55 bits per heavy atom. The Bertz CT molecular complexity index is 1140. The van der Waals surface area contributed by atoms with E-state index < -0.39 is 11.2 Å². The van der Waals surface area contributed by atoms with E-state index in [9.17, 15) is 5.11 Å². The summed E-state index contributed by atoms with van der Waals surface area (Å²) in [6.45, 7) is 13.6. The Kier molecular flexibility index (Phi) is 8.89. The topological polar surface area (TPSA) is 54.4 Å². The molecule has 0 unspecified atom stereocenters. The minimum absolute atomic E-state index is 0.298. The van der Waals surface area contributed by atoms with E-state index in [1.165, 1.54) is 89.5 Å². The molecular formula is C38H60N2O4. The Balaban J connectivity index is 1.09. The number of likely N-dealkylation sites (tertiary alicyclic amines) is 2. The number of rotatable bonds is 10. The standard InChI is InChI=1S/C38H60N2O4/c1-35-15-13-32(43-25-23-39-19-4-5-20-39)27-29(35)11-12-34-33(35)14-16-36(2)37(34,41)17-18-38(36,30-9-8-10-31(28-30)42-3)44-26-24-40-21-6-7-22-40/h8-10,28-29,32-34,41H,4-7,11-27H2,1-3H3/t29-,32+,33+,34-,35+,36+,37+,38-/m1/s1. The van der Waals surface area contributed by atoms with Gasteiger partial charge in [-0.25, -0.2) is 0 Å². The number of nitrogens with zero attached hydrogens (tertiary/aromatic N) is 2. The zero-order valence-electron chi connectivity index (χ0n) is 28.0. The highest BCUT2D eigenvalue weighted by molar-refractivity contribution is 5.38. The molecule has 1 aromatic rings. The summed E-state index contributed by atoms with van der Waals surface area (Å²) in [7, 11) is 1.75. The smallest absolute Gasteiger partial charge is 0.119 e. The molecule has 246 valence electrons. The van der Waals surface area contributed by atoms with Crippen LogP contribution < -0.4 is 4.74 Å². The van der Waals surface area contributed by atoms with Crippen LogP contribution in [-0.4, -0.2) is 86.2 Å². The molecule has 0 radical (unpaired) electrons. The van der Waals surface area contributed by atoms with Crippen molar-refractivity contribution >= 4 is 0 Å². The highest BCUT2D eigenvalue weighted by Crippen LogP contribution is 2.72. The van der Waals surface area contributed by atoms with Crippen molar-refractivity contribution in [1.29, 1.82) is 0 Å². The quantitative estimate of drug-likeness (QED) is 0.321. The van der Waals surface area contributed by atoms with Crippen LogP contribution in [0.2, 0.25) is 0 Å². The van der Waals surface area contributed by atoms with Crippen LogP contribution in [0.25, 0.3) is 0 Å². The zero-order valence-corrected chi connectivity index (χ0v) is 28.0. The lowest BCUT2D eigenvalue weighted by Crippen LogP contribution is -2.65. The van der Waals surface area contributed by atoms with E-state index in [2.05, 4.69) is 41.8 Å². The van der Waals surface area contributed by atoms with Crippen molar-refractivity contribution in [3.05, 3.63) is 29.8 Å². The van der Waals surface area contributed by atoms with Crippen LogP contribution in [0, 0.1) is 28.6 Å². The second-order valence-electron chi connectivity index (χ2n) is 16.1.